The van der Waals surface area contributed by atoms with E-state index in [0.717, 1.165) is 15.6 Å². The maximum absolute atomic E-state index is 12.4. The molecule has 2 N–H and O–H groups in total. The van der Waals surface area contributed by atoms with Crippen LogP contribution in [0.3, 0.4) is 0 Å². The second kappa shape index (κ2) is 8.95. The summed E-state index contributed by atoms with van der Waals surface area (Å²) in [5.41, 5.74) is 0.772. The number of benzene rings is 2. The second-order valence-electron chi connectivity index (χ2n) is 5.88. The van der Waals surface area contributed by atoms with E-state index in [0.29, 0.717) is 21.4 Å². The summed E-state index contributed by atoms with van der Waals surface area (Å²) in [5, 5.41) is 6.59. The van der Waals surface area contributed by atoms with Crippen molar-refractivity contribution in [3.05, 3.63) is 57.9 Å². The number of hydrogen-bond acceptors (Lipinski definition) is 5. The molecule has 2 aromatic carbocycles. The van der Waals surface area contributed by atoms with Crippen LogP contribution in [0.5, 0.6) is 11.5 Å². The predicted molar refractivity (Wildman–Crippen MR) is 111 cm³/mol. The lowest BCUT2D eigenvalue weighted by Gasteiger charge is -2.11. The van der Waals surface area contributed by atoms with Crippen LogP contribution in [0.4, 0.5) is 0 Å². The van der Waals surface area contributed by atoms with Crippen LogP contribution in [-0.4, -0.2) is 32.6 Å². The Kier molecular flexibility index (Phi) is 6.38. The van der Waals surface area contributed by atoms with Gasteiger partial charge in [0.15, 0.2) is 0 Å². The zero-order chi connectivity index (χ0) is 20.1. The standard InChI is InChI=1S/C20H19ClN2O4S/c1-26-13-7-8-15(27-2)12(9-13)10-22-17(24)11-23-20(25)19-18(21)14-5-3-4-6-16(14)28-19/h3-9H,10-11H2,1-2H3,(H,22,24)(H,23,25). The van der Waals surface area contributed by atoms with E-state index >= 15 is 0 Å². The summed E-state index contributed by atoms with van der Waals surface area (Å²) in [6, 6.07) is 12.8. The number of methoxy groups -OCH3 is 2. The Morgan fingerprint density at radius 1 is 1.07 bits per heavy atom. The van der Waals surface area contributed by atoms with Gasteiger partial charge in [0.1, 0.15) is 16.4 Å². The normalized spacial score (nSPS) is 10.5. The summed E-state index contributed by atoms with van der Waals surface area (Å²) in [6.45, 7) is 0.0917. The first kappa shape index (κ1) is 20.0. The first-order valence-corrected chi connectivity index (χ1v) is 9.65. The average Bonchev–Trinajstić information content (AvgIpc) is 3.07. The molecule has 0 saturated heterocycles. The van der Waals surface area contributed by atoms with E-state index in [4.69, 9.17) is 21.1 Å². The number of halogens is 1. The molecule has 0 unspecified atom stereocenters. The Morgan fingerprint density at radius 2 is 1.86 bits per heavy atom. The van der Waals surface area contributed by atoms with Crippen LogP contribution in [0.25, 0.3) is 10.1 Å². The van der Waals surface area contributed by atoms with Gasteiger partial charge in [0.25, 0.3) is 5.91 Å². The van der Waals surface area contributed by atoms with E-state index in [-0.39, 0.29) is 24.9 Å². The Labute approximate surface area is 171 Å². The number of rotatable bonds is 7. The van der Waals surface area contributed by atoms with Crippen molar-refractivity contribution in [1.82, 2.24) is 10.6 Å². The Hall–Kier alpha value is -2.77. The van der Waals surface area contributed by atoms with Crippen molar-refractivity contribution < 1.29 is 19.1 Å². The van der Waals surface area contributed by atoms with Crippen molar-refractivity contribution in [2.24, 2.45) is 0 Å². The minimum atomic E-state index is -0.375. The highest BCUT2D eigenvalue weighted by atomic mass is 35.5. The van der Waals surface area contributed by atoms with Crippen LogP contribution >= 0.6 is 22.9 Å². The molecule has 3 rings (SSSR count). The fraction of sp³-hybridized carbons (Fsp3) is 0.200. The Morgan fingerprint density at radius 3 is 2.57 bits per heavy atom. The third kappa shape index (κ3) is 4.37. The summed E-state index contributed by atoms with van der Waals surface area (Å²) >= 11 is 7.59. The van der Waals surface area contributed by atoms with Crippen LogP contribution in [0, 0.1) is 0 Å². The third-order valence-electron chi connectivity index (χ3n) is 4.11. The third-order valence-corrected chi connectivity index (χ3v) is 5.79. The zero-order valence-electron chi connectivity index (χ0n) is 15.4. The number of amides is 2. The van der Waals surface area contributed by atoms with Crippen molar-refractivity contribution in [1.29, 1.82) is 0 Å². The van der Waals surface area contributed by atoms with Gasteiger partial charge in [-0.25, -0.2) is 0 Å². The molecule has 1 aromatic heterocycles. The van der Waals surface area contributed by atoms with Crippen molar-refractivity contribution >= 4 is 44.8 Å². The molecule has 0 spiro atoms. The number of thiophene rings is 1. The highest BCUT2D eigenvalue weighted by Gasteiger charge is 2.17. The van der Waals surface area contributed by atoms with Gasteiger partial charge in [-0.3, -0.25) is 9.59 Å². The maximum Gasteiger partial charge on any atom is 0.263 e. The van der Waals surface area contributed by atoms with Gasteiger partial charge in [0.05, 0.1) is 25.8 Å². The van der Waals surface area contributed by atoms with Gasteiger partial charge in [-0.1, -0.05) is 29.8 Å². The van der Waals surface area contributed by atoms with Crippen LogP contribution < -0.4 is 20.1 Å². The largest absolute Gasteiger partial charge is 0.497 e. The van der Waals surface area contributed by atoms with Crippen molar-refractivity contribution in [2.75, 3.05) is 20.8 Å². The lowest BCUT2D eigenvalue weighted by atomic mass is 10.2. The number of hydrogen-bond donors (Lipinski definition) is 2. The van der Waals surface area contributed by atoms with Crippen LogP contribution in [-0.2, 0) is 11.3 Å². The molecule has 1 heterocycles. The number of fused-ring (bicyclic) bond motifs is 1. The maximum atomic E-state index is 12.4. The van der Waals surface area contributed by atoms with Crippen molar-refractivity contribution in [3.63, 3.8) is 0 Å². The number of carbonyl (C=O) groups excluding carboxylic acids is 2. The topological polar surface area (TPSA) is 76.7 Å². The molecular weight excluding hydrogens is 400 g/mol. The lowest BCUT2D eigenvalue weighted by molar-refractivity contribution is -0.120. The summed E-state index contributed by atoms with van der Waals surface area (Å²) in [5.74, 6) is 0.607. The molecule has 8 heteroatoms. The summed E-state index contributed by atoms with van der Waals surface area (Å²) < 4.78 is 11.4. The Bertz CT molecular complexity index is 1020. The summed E-state index contributed by atoms with van der Waals surface area (Å²) in [6.07, 6.45) is 0. The fourth-order valence-electron chi connectivity index (χ4n) is 2.68. The van der Waals surface area contributed by atoms with Crippen LogP contribution in [0.2, 0.25) is 5.02 Å². The van der Waals surface area contributed by atoms with Gasteiger partial charge < -0.3 is 20.1 Å². The SMILES string of the molecule is COc1ccc(OC)c(CNC(=O)CNC(=O)c2sc3ccccc3c2Cl)c1. The first-order chi connectivity index (χ1) is 13.5. The van der Waals surface area contributed by atoms with Gasteiger partial charge in [-0.2, -0.15) is 0 Å². The smallest absolute Gasteiger partial charge is 0.263 e. The highest BCUT2D eigenvalue weighted by molar-refractivity contribution is 7.21. The minimum absolute atomic E-state index is 0.157. The van der Waals surface area contributed by atoms with Gasteiger partial charge in [-0.15, -0.1) is 11.3 Å². The monoisotopic (exact) mass is 418 g/mol. The molecule has 0 bridgehead atoms. The molecule has 0 aliphatic rings. The number of ether oxygens (including phenoxy) is 2. The van der Waals surface area contributed by atoms with Gasteiger partial charge in [-0.05, 0) is 24.3 Å². The summed E-state index contributed by atoms with van der Waals surface area (Å²) in [7, 11) is 3.13. The molecular formula is C20H19ClN2O4S. The number of nitrogens with one attached hydrogen (secondary N) is 2. The van der Waals surface area contributed by atoms with E-state index in [1.807, 2.05) is 24.3 Å². The van der Waals surface area contributed by atoms with Crippen molar-refractivity contribution in [3.8, 4) is 11.5 Å². The molecule has 2 amide bonds. The number of carbonyl (C=O) groups is 2. The predicted octanol–water partition coefficient (Wildman–Crippen LogP) is 3.62. The van der Waals surface area contributed by atoms with Gasteiger partial charge >= 0.3 is 0 Å². The van der Waals surface area contributed by atoms with E-state index < -0.39 is 0 Å². The molecule has 28 heavy (non-hydrogen) atoms. The molecule has 0 radical (unpaired) electrons. The quantitative estimate of drug-likeness (QED) is 0.614. The Balaban J connectivity index is 1.58. The van der Waals surface area contributed by atoms with Crippen molar-refractivity contribution in [2.45, 2.75) is 6.54 Å². The molecule has 0 saturated carbocycles. The van der Waals surface area contributed by atoms with E-state index in [1.54, 1.807) is 32.4 Å². The fourth-order valence-corrected chi connectivity index (χ4v) is 4.11. The lowest BCUT2D eigenvalue weighted by Crippen LogP contribution is -2.36. The second-order valence-corrected chi connectivity index (χ2v) is 7.31. The van der Waals surface area contributed by atoms with E-state index in [9.17, 15) is 9.59 Å². The van der Waals surface area contributed by atoms with E-state index in [2.05, 4.69) is 10.6 Å². The van der Waals surface area contributed by atoms with Crippen LogP contribution in [0.1, 0.15) is 15.2 Å². The molecule has 146 valence electrons. The molecule has 0 atom stereocenters. The molecule has 0 aliphatic carbocycles. The van der Waals surface area contributed by atoms with Crippen LogP contribution in [0.15, 0.2) is 42.5 Å². The molecule has 3 aromatic rings. The molecule has 0 fully saturated rings. The zero-order valence-corrected chi connectivity index (χ0v) is 16.9. The highest BCUT2D eigenvalue weighted by Crippen LogP contribution is 2.34. The molecule has 0 aliphatic heterocycles. The van der Waals surface area contributed by atoms with Gasteiger partial charge in [0, 0.05) is 22.2 Å². The molecule has 6 nitrogen and oxygen atoms in total. The van der Waals surface area contributed by atoms with E-state index in [1.165, 1.54) is 11.3 Å². The van der Waals surface area contributed by atoms with Gasteiger partial charge in [0.2, 0.25) is 5.91 Å². The first-order valence-electron chi connectivity index (χ1n) is 8.46. The average molecular weight is 419 g/mol. The summed E-state index contributed by atoms with van der Waals surface area (Å²) in [4.78, 5) is 24.9. The minimum Gasteiger partial charge on any atom is -0.497 e.